The van der Waals surface area contributed by atoms with E-state index >= 15 is 0 Å². The zero-order chi connectivity index (χ0) is 14.7. The molecular weight excluding hydrogens is 287 g/mol. The van der Waals surface area contributed by atoms with Crippen LogP contribution in [0.25, 0.3) is 0 Å². The van der Waals surface area contributed by atoms with E-state index in [2.05, 4.69) is 10.3 Å². The maximum absolute atomic E-state index is 13.6. The summed E-state index contributed by atoms with van der Waals surface area (Å²) in [7, 11) is 0. The Hall–Kier alpha value is -1.46. The summed E-state index contributed by atoms with van der Waals surface area (Å²) in [5.74, 6) is 0.360. The van der Waals surface area contributed by atoms with Crippen molar-refractivity contribution in [2.75, 3.05) is 6.61 Å². The van der Waals surface area contributed by atoms with Gasteiger partial charge in [0.25, 0.3) is 0 Å². The summed E-state index contributed by atoms with van der Waals surface area (Å²) in [4.78, 5) is 5.44. The molecule has 0 bridgehead atoms. The fourth-order valence-electron chi connectivity index (χ4n) is 2.18. The van der Waals surface area contributed by atoms with E-state index in [1.54, 1.807) is 17.4 Å². The van der Waals surface area contributed by atoms with Crippen molar-refractivity contribution in [3.8, 4) is 5.75 Å². The van der Waals surface area contributed by atoms with E-state index in [0.29, 0.717) is 24.9 Å². The summed E-state index contributed by atoms with van der Waals surface area (Å²) in [6.45, 7) is 3.24. The molecule has 3 rings (SSSR count). The maximum Gasteiger partial charge on any atom is 0.127 e. The fourth-order valence-corrected chi connectivity index (χ4v) is 2.95. The second kappa shape index (κ2) is 6.54. The van der Waals surface area contributed by atoms with Crippen LogP contribution in [0.1, 0.15) is 29.0 Å². The summed E-state index contributed by atoms with van der Waals surface area (Å²) >= 11 is 1.63. The van der Waals surface area contributed by atoms with Gasteiger partial charge < -0.3 is 10.1 Å². The summed E-state index contributed by atoms with van der Waals surface area (Å²) in [6.07, 6.45) is 3.27. The largest absolute Gasteiger partial charge is 0.493 e. The molecule has 5 heteroatoms. The number of nitrogens with one attached hydrogen (secondary N) is 1. The van der Waals surface area contributed by atoms with Crippen molar-refractivity contribution in [3.63, 3.8) is 0 Å². The molecule has 0 saturated heterocycles. The van der Waals surface area contributed by atoms with E-state index in [1.807, 2.05) is 18.5 Å². The summed E-state index contributed by atoms with van der Waals surface area (Å²) in [5.41, 5.74) is 3.83. The molecule has 1 heterocycles. The number of ether oxygens (including phenoxy) is 1. The van der Waals surface area contributed by atoms with Gasteiger partial charge in [-0.25, -0.2) is 9.37 Å². The molecule has 1 N–H and O–H groups in total. The van der Waals surface area contributed by atoms with Gasteiger partial charge in [-0.3, -0.25) is 0 Å². The van der Waals surface area contributed by atoms with E-state index < -0.39 is 0 Å². The fraction of sp³-hybridized carbons (Fsp3) is 0.438. The van der Waals surface area contributed by atoms with Crippen LogP contribution in [0.4, 0.5) is 4.39 Å². The Bertz CT molecular complexity index is 610. The van der Waals surface area contributed by atoms with Gasteiger partial charge in [-0.2, -0.15) is 0 Å². The molecule has 21 heavy (non-hydrogen) atoms. The zero-order valence-corrected chi connectivity index (χ0v) is 12.9. The van der Waals surface area contributed by atoms with Gasteiger partial charge >= 0.3 is 0 Å². The minimum absolute atomic E-state index is 0.242. The highest BCUT2D eigenvalue weighted by Crippen LogP contribution is 2.21. The van der Waals surface area contributed by atoms with Gasteiger partial charge in [0.1, 0.15) is 11.6 Å². The van der Waals surface area contributed by atoms with Gasteiger partial charge in [-0.15, -0.1) is 11.3 Å². The summed E-state index contributed by atoms with van der Waals surface area (Å²) in [6, 6.07) is 5.54. The predicted molar refractivity (Wildman–Crippen MR) is 82.3 cm³/mol. The van der Waals surface area contributed by atoms with Crippen LogP contribution in [0, 0.1) is 12.7 Å². The summed E-state index contributed by atoms with van der Waals surface area (Å²) in [5, 5.41) is 3.38. The van der Waals surface area contributed by atoms with Gasteiger partial charge in [-0.05, 0) is 37.5 Å². The number of nitrogens with zero attached hydrogens (tertiary/aromatic N) is 1. The molecule has 112 valence electrons. The van der Waals surface area contributed by atoms with Crippen LogP contribution in [0.15, 0.2) is 23.7 Å². The van der Waals surface area contributed by atoms with Crippen molar-refractivity contribution in [1.29, 1.82) is 0 Å². The van der Waals surface area contributed by atoms with Crippen LogP contribution in [0.3, 0.4) is 0 Å². The minimum atomic E-state index is -0.242. The molecule has 1 aromatic heterocycles. The first-order valence-corrected chi connectivity index (χ1v) is 8.13. The van der Waals surface area contributed by atoms with Crippen LogP contribution in [0.5, 0.6) is 5.75 Å². The zero-order valence-electron chi connectivity index (χ0n) is 12.1. The van der Waals surface area contributed by atoms with Crippen LogP contribution in [0.2, 0.25) is 0 Å². The summed E-state index contributed by atoms with van der Waals surface area (Å²) < 4.78 is 19.3. The molecular formula is C16H19FN2OS. The van der Waals surface area contributed by atoms with Gasteiger partial charge in [0.15, 0.2) is 0 Å². The molecule has 3 nitrogen and oxygen atoms in total. The average molecular weight is 306 g/mol. The number of benzene rings is 1. The first-order valence-electron chi connectivity index (χ1n) is 7.25. The number of halogens is 1. The van der Waals surface area contributed by atoms with E-state index in [4.69, 9.17) is 4.74 Å². The van der Waals surface area contributed by atoms with Crippen molar-refractivity contribution in [3.05, 3.63) is 45.7 Å². The second-order valence-corrected chi connectivity index (χ2v) is 6.35. The van der Waals surface area contributed by atoms with Crippen molar-refractivity contribution < 1.29 is 9.13 Å². The highest BCUT2D eigenvalue weighted by Gasteiger charge is 2.20. The molecule has 1 aromatic carbocycles. The number of aromatic nitrogens is 1. The van der Waals surface area contributed by atoms with Gasteiger partial charge in [0, 0.05) is 30.0 Å². The molecule has 0 spiro atoms. The van der Waals surface area contributed by atoms with Crippen molar-refractivity contribution in [2.45, 2.75) is 38.8 Å². The first-order chi connectivity index (χ1) is 10.2. The molecule has 0 atom stereocenters. The quantitative estimate of drug-likeness (QED) is 0.850. The standard InChI is InChI=1S/C16H19FN2OS/c1-11-16(21-10-19-11)4-5-20-15-7-12(6-13(17)8-15)9-18-14-2-3-14/h6-8,10,14,18H,2-5,9H2,1H3. The lowest BCUT2D eigenvalue weighted by atomic mass is 10.2. The third kappa shape index (κ3) is 4.25. The lowest BCUT2D eigenvalue weighted by Crippen LogP contribution is -2.15. The lowest BCUT2D eigenvalue weighted by molar-refractivity contribution is 0.320. The van der Waals surface area contributed by atoms with Gasteiger partial charge in [0.2, 0.25) is 0 Å². The SMILES string of the molecule is Cc1ncsc1CCOc1cc(F)cc(CNC2CC2)c1. The monoisotopic (exact) mass is 306 g/mol. The molecule has 0 unspecified atom stereocenters. The van der Waals surface area contributed by atoms with Crippen molar-refractivity contribution in [2.24, 2.45) is 0 Å². The molecule has 1 aliphatic rings. The molecule has 1 saturated carbocycles. The Morgan fingerprint density at radius 2 is 2.24 bits per heavy atom. The molecule has 0 radical (unpaired) electrons. The number of aryl methyl sites for hydroxylation is 1. The Kier molecular flexibility index (Phi) is 4.51. The second-order valence-electron chi connectivity index (χ2n) is 5.41. The normalized spacial score (nSPS) is 14.4. The van der Waals surface area contributed by atoms with Gasteiger partial charge in [-0.1, -0.05) is 0 Å². The Morgan fingerprint density at radius 3 is 2.95 bits per heavy atom. The Balaban J connectivity index is 1.55. The number of hydrogen-bond donors (Lipinski definition) is 1. The third-order valence-corrected chi connectivity index (χ3v) is 4.54. The van der Waals surface area contributed by atoms with Crippen LogP contribution < -0.4 is 10.1 Å². The topological polar surface area (TPSA) is 34.1 Å². The first kappa shape index (κ1) is 14.5. The maximum atomic E-state index is 13.6. The average Bonchev–Trinajstić information content (AvgIpc) is 3.19. The minimum Gasteiger partial charge on any atom is -0.493 e. The lowest BCUT2D eigenvalue weighted by Gasteiger charge is -2.09. The smallest absolute Gasteiger partial charge is 0.127 e. The Morgan fingerprint density at radius 1 is 1.38 bits per heavy atom. The van der Waals surface area contributed by atoms with E-state index in [1.165, 1.54) is 23.8 Å². The number of hydrogen-bond acceptors (Lipinski definition) is 4. The highest BCUT2D eigenvalue weighted by atomic mass is 32.1. The predicted octanol–water partition coefficient (Wildman–Crippen LogP) is 3.46. The van der Waals surface area contributed by atoms with Crippen molar-refractivity contribution >= 4 is 11.3 Å². The van der Waals surface area contributed by atoms with Gasteiger partial charge in [0.05, 0.1) is 17.8 Å². The number of rotatable bonds is 7. The van der Waals surface area contributed by atoms with Crippen LogP contribution >= 0.6 is 11.3 Å². The number of thiazole rings is 1. The molecule has 2 aromatic rings. The molecule has 0 amide bonds. The highest BCUT2D eigenvalue weighted by molar-refractivity contribution is 7.09. The van der Waals surface area contributed by atoms with E-state index in [-0.39, 0.29) is 5.82 Å². The Labute approximate surface area is 128 Å². The van der Waals surface area contributed by atoms with E-state index in [9.17, 15) is 4.39 Å². The molecule has 0 aliphatic heterocycles. The van der Waals surface area contributed by atoms with Crippen molar-refractivity contribution in [1.82, 2.24) is 10.3 Å². The van der Waals surface area contributed by atoms with Crippen LogP contribution in [-0.2, 0) is 13.0 Å². The van der Waals surface area contributed by atoms with E-state index in [0.717, 1.165) is 17.7 Å². The third-order valence-electron chi connectivity index (χ3n) is 3.55. The molecule has 1 fully saturated rings. The van der Waals surface area contributed by atoms with Crippen LogP contribution in [-0.4, -0.2) is 17.6 Å². The molecule has 1 aliphatic carbocycles.